The molecule has 2 aliphatic carbocycles. The van der Waals surface area contributed by atoms with Crippen molar-refractivity contribution >= 4 is 17.4 Å². The maximum atomic E-state index is 13.6. The molecule has 8 heteroatoms. The molecule has 0 aliphatic heterocycles. The Morgan fingerprint density at radius 2 is 1.88 bits per heavy atom. The van der Waals surface area contributed by atoms with Crippen LogP contribution >= 0.6 is 0 Å². The first-order chi connectivity index (χ1) is 15.5. The Morgan fingerprint density at radius 3 is 2.50 bits per heavy atom. The van der Waals surface area contributed by atoms with Crippen LogP contribution in [-0.4, -0.2) is 39.5 Å². The number of nitrogen functional groups attached to an aromatic ring is 1. The Kier molecular flexibility index (Phi) is 6.79. The summed E-state index contributed by atoms with van der Waals surface area (Å²) in [5.41, 5.74) is 6.15. The zero-order valence-corrected chi connectivity index (χ0v) is 18.8. The van der Waals surface area contributed by atoms with Crippen LogP contribution in [0.25, 0.3) is 0 Å². The summed E-state index contributed by atoms with van der Waals surface area (Å²) < 4.78 is 1.37. The molecule has 1 aromatic carbocycles. The predicted octanol–water partition coefficient (Wildman–Crippen LogP) is 2.33. The van der Waals surface area contributed by atoms with Crippen molar-refractivity contribution in [2.24, 2.45) is 5.92 Å². The largest absolute Gasteiger partial charge is 0.383 e. The Morgan fingerprint density at radius 1 is 1.16 bits per heavy atom. The summed E-state index contributed by atoms with van der Waals surface area (Å²) in [5.74, 6) is 0.561. The number of rotatable bonds is 11. The molecular weight excluding hydrogens is 406 g/mol. The average molecular weight is 440 g/mol. The van der Waals surface area contributed by atoms with Crippen molar-refractivity contribution in [3.8, 4) is 0 Å². The van der Waals surface area contributed by atoms with Crippen molar-refractivity contribution in [2.45, 2.75) is 64.6 Å². The van der Waals surface area contributed by atoms with E-state index in [0.717, 1.165) is 37.8 Å². The van der Waals surface area contributed by atoms with E-state index in [0.29, 0.717) is 18.5 Å². The number of H-pyrrole nitrogens is 1. The maximum Gasteiger partial charge on any atom is 0.330 e. The minimum absolute atomic E-state index is 0.0524. The average Bonchev–Trinajstić information content (AvgIpc) is 3.67. The summed E-state index contributed by atoms with van der Waals surface area (Å²) in [5, 5.41) is 0. The molecule has 0 unspecified atom stereocenters. The number of aromatic amines is 1. The number of carbonyl (C=O) groups excluding carboxylic acids is 1. The number of benzene rings is 1. The van der Waals surface area contributed by atoms with Gasteiger partial charge in [0.2, 0.25) is 5.91 Å². The summed E-state index contributed by atoms with van der Waals surface area (Å²) in [6, 6.07) is 9.99. The van der Waals surface area contributed by atoms with Gasteiger partial charge in [-0.1, -0.05) is 43.7 Å². The molecule has 0 atom stereocenters. The van der Waals surface area contributed by atoms with Gasteiger partial charge in [-0.25, -0.2) is 4.79 Å². The molecule has 2 saturated carbocycles. The molecule has 172 valence electrons. The zero-order valence-electron chi connectivity index (χ0n) is 18.8. The first kappa shape index (κ1) is 22.3. The second kappa shape index (κ2) is 9.73. The minimum Gasteiger partial charge on any atom is -0.383 e. The second-order valence-electron chi connectivity index (χ2n) is 9.07. The quantitative estimate of drug-likeness (QED) is 0.559. The highest BCUT2D eigenvalue weighted by molar-refractivity contribution is 5.96. The van der Waals surface area contributed by atoms with Gasteiger partial charge in [0, 0.05) is 19.1 Å². The summed E-state index contributed by atoms with van der Waals surface area (Å²) in [6.07, 6.45) is 6.30. The second-order valence-corrected chi connectivity index (χ2v) is 9.07. The van der Waals surface area contributed by atoms with E-state index < -0.39 is 11.2 Å². The third-order valence-electron chi connectivity index (χ3n) is 6.30. The molecule has 8 nitrogen and oxygen atoms in total. The summed E-state index contributed by atoms with van der Waals surface area (Å²) in [6.45, 7) is 3.82. The molecule has 2 aromatic rings. The van der Waals surface area contributed by atoms with E-state index in [1.165, 1.54) is 22.3 Å². The van der Waals surface area contributed by atoms with Crippen molar-refractivity contribution in [1.82, 2.24) is 14.5 Å². The van der Waals surface area contributed by atoms with Crippen molar-refractivity contribution in [1.29, 1.82) is 0 Å². The molecule has 1 aromatic heterocycles. The Hall–Kier alpha value is -2.87. The van der Waals surface area contributed by atoms with Gasteiger partial charge in [-0.15, -0.1) is 0 Å². The first-order valence-corrected chi connectivity index (χ1v) is 11.7. The number of nitrogens with one attached hydrogen (secondary N) is 1. The smallest absolute Gasteiger partial charge is 0.330 e. The van der Waals surface area contributed by atoms with Crippen molar-refractivity contribution in [3.63, 3.8) is 0 Å². The van der Waals surface area contributed by atoms with Crippen molar-refractivity contribution < 1.29 is 4.79 Å². The summed E-state index contributed by atoms with van der Waals surface area (Å²) in [7, 11) is 0. The number of amides is 1. The molecule has 0 spiro atoms. The van der Waals surface area contributed by atoms with Gasteiger partial charge in [-0.3, -0.25) is 28.9 Å². The maximum absolute atomic E-state index is 13.6. The van der Waals surface area contributed by atoms with Crippen LogP contribution in [0.2, 0.25) is 0 Å². The summed E-state index contributed by atoms with van der Waals surface area (Å²) >= 11 is 0. The van der Waals surface area contributed by atoms with Crippen LogP contribution in [0.4, 0.5) is 11.5 Å². The molecule has 4 rings (SSSR count). The zero-order chi connectivity index (χ0) is 22.7. The normalized spacial score (nSPS) is 15.8. The standard InChI is InChI=1S/C24H33N5O3/c1-2-3-13-28-22(25)21(23(31)26-24(28)32)29(15-17-7-5-4-6-8-17)20(30)16-27(19-11-12-19)14-18-9-10-18/h4-8,18-19H,2-3,9-16,25H2,1H3,(H,26,31,32). The fourth-order valence-corrected chi connectivity index (χ4v) is 4.11. The lowest BCUT2D eigenvalue weighted by molar-refractivity contribution is -0.120. The Labute approximate surface area is 188 Å². The summed E-state index contributed by atoms with van der Waals surface area (Å²) in [4.78, 5) is 45.0. The highest BCUT2D eigenvalue weighted by Crippen LogP contribution is 2.35. The van der Waals surface area contributed by atoms with Crippen LogP contribution in [0.5, 0.6) is 0 Å². The fraction of sp³-hybridized carbons (Fsp3) is 0.542. The third-order valence-corrected chi connectivity index (χ3v) is 6.30. The SMILES string of the molecule is CCCCn1c(N)c(N(Cc2ccccc2)C(=O)CN(CC2CC2)C2CC2)c(=O)[nH]c1=O. The lowest BCUT2D eigenvalue weighted by atomic mass is 10.2. The van der Waals surface area contributed by atoms with Crippen LogP contribution in [-0.2, 0) is 17.9 Å². The van der Waals surface area contributed by atoms with E-state index in [4.69, 9.17) is 5.73 Å². The van der Waals surface area contributed by atoms with Gasteiger partial charge in [-0.2, -0.15) is 0 Å². The highest BCUT2D eigenvalue weighted by atomic mass is 16.2. The van der Waals surface area contributed by atoms with Gasteiger partial charge in [0.25, 0.3) is 5.56 Å². The lowest BCUT2D eigenvalue weighted by Crippen LogP contribution is -2.45. The van der Waals surface area contributed by atoms with Gasteiger partial charge in [0.1, 0.15) is 5.82 Å². The number of anilines is 2. The van der Waals surface area contributed by atoms with Gasteiger partial charge in [0.05, 0.1) is 13.1 Å². The van der Waals surface area contributed by atoms with E-state index in [9.17, 15) is 14.4 Å². The molecule has 0 bridgehead atoms. The van der Waals surface area contributed by atoms with Gasteiger partial charge >= 0.3 is 5.69 Å². The first-order valence-electron chi connectivity index (χ1n) is 11.7. The van der Waals surface area contributed by atoms with Crippen LogP contribution in [0.15, 0.2) is 39.9 Å². The van der Waals surface area contributed by atoms with Gasteiger partial charge < -0.3 is 5.73 Å². The number of hydrogen-bond donors (Lipinski definition) is 2. The lowest BCUT2D eigenvalue weighted by Gasteiger charge is -2.28. The monoisotopic (exact) mass is 439 g/mol. The number of nitrogens with zero attached hydrogens (tertiary/aromatic N) is 3. The van der Waals surface area contributed by atoms with E-state index in [1.54, 1.807) is 0 Å². The molecule has 1 heterocycles. The molecule has 32 heavy (non-hydrogen) atoms. The minimum atomic E-state index is -0.621. The number of unbranched alkanes of at least 4 members (excludes halogenated alkanes) is 1. The van der Waals surface area contributed by atoms with E-state index >= 15 is 0 Å². The van der Waals surface area contributed by atoms with Crippen molar-refractivity contribution in [3.05, 3.63) is 56.7 Å². The van der Waals surface area contributed by atoms with Crippen LogP contribution < -0.4 is 21.9 Å². The number of carbonyl (C=O) groups is 1. The topological polar surface area (TPSA) is 104 Å². The van der Waals surface area contributed by atoms with Crippen LogP contribution in [0.1, 0.15) is 51.0 Å². The predicted molar refractivity (Wildman–Crippen MR) is 126 cm³/mol. The highest BCUT2D eigenvalue weighted by Gasteiger charge is 2.36. The molecule has 3 N–H and O–H groups in total. The molecule has 0 saturated heterocycles. The molecular formula is C24H33N5O3. The van der Waals surface area contributed by atoms with Gasteiger partial charge in [0.15, 0.2) is 5.69 Å². The number of aromatic nitrogens is 2. The van der Waals surface area contributed by atoms with E-state index in [-0.39, 0.29) is 30.5 Å². The molecule has 2 fully saturated rings. The van der Waals surface area contributed by atoms with E-state index in [2.05, 4.69) is 9.88 Å². The third kappa shape index (κ3) is 5.30. The molecule has 1 amide bonds. The fourth-order valence-electron chi connectivity index (χ4n) is 4.11. The number of nitrogens with two attached hydrogens (primary N) is 1. The van der Waals surface area contributed by atoms with Crippen LogP contribution in [0.3, 0.4) is 0 Å². The number of hydrogen-bond acceptors (Lipinski definition) is 5. The van der Waals surface area contributed by atoms with Crippen LogP contribution in [0, 0.1) is 5.92 Å². The molecule has 0 radical (unpaired) electrons. The van der Waals surface area contributed by atoms with Gasteiger partial charge in [-0.05, 0) is 43.6 Å². The van der Waals surface area contributed by atoms with Crippen molar-refractivity contribution in [2.75, 3.05) is 23.7 Å². The Balaban J connectivity index is 1.68. The van der Waals surface area contributed by atoms with E-state index in [1.807, 2.05) is 37.3 Å². The Bertz CT molecular complexity index is 1050. The molecule has 2 aliphatic rings.